The lowest BCUT2D eigenvalue weighted by Crippen LogP contribution is -2.36. The fourth-order valence-electron chi connectivity index (χ4n) is 3.95. The molecule has 3 heterocycles. The molecule has 0 amide bonds. The van der Waals surface area contributed by atoms with Crippen molar-refractivity contribution in [2.75, 3.05) is 31.2 Å². The zero-order chi connectivity index (χ0) is 21.4. The Bertz CT molecular complexity index is 1220. The third-order valence-corrected chi connectivity index (χ3v) is 6.61. The molecule has 1 saturated heterocycles. The summed E-state index contributed by atoms with van der Waals surface area (Å²) in [6, 6.07) is 10.9. The number of morpholine rings is 1. The van der Waals surface area contributed by atoms with E-state index >= 15 is 4.39 Å². The summed E-state index contributed by atoms with van der Waals surface area (Å²) >= 11 is 1.29. The Kier molecular flexibility index (Phi) is 5.13. The van der Waals surface area contributed by atoms with Crippen LogP contribution in [-0.2, 0) is 10.3 Å². The van der Waals surface area contributed by atoms with Crippen molar-refractivity contribution in [2.45, 2.75) is 12.5 Å². The highest BCUT2D eigenvalue weighted by Gasteiger charge is 2.32. The number of benzene rings is 2. The molecule has 1 fully saturated rings. The number of halogens is 1. The molecule has 0 radical (unpaired) electrons. The molecule has 1 aliphatic heterocycles. The van der Waals surface area contributed by atoms with Crippen molar-refractivity contribution in [3.63, 3.8) is 0 Å². The predicted octanol–water partition coefficient (Wildman–Crippen LogP) is 3.98. The second kappa shape index (κ2) is 7.96. The molecule has 31 heavy (non-hydrogen) atoms. The number of aromatic nitrogens is 3. The summed E-state index contributed by atoms with van der Waals surface area (Å²) in [5.74, 6) is -0.514. The number of ether oxygens (including phenoxy) is 1. The van der Waals surface area contributed by atoms with E-state index in [1.165, 1.54) is 17.7 Å². The fraction of sp³-hybridized carbons (Fsp3) is 0.261. The molecule has 5 rings (SSSR count). The molecule has 8 heteroatoms. The fourth-order valence-corrected chi connectivity index (χ4v) is 4.66. The lowest BCUT2D eigenvalue weighted by Gasteiger charge is -2.29. The Balaban J connectivity index is 1.60. The van der Waals surface area contributed by atoms with Gasteiger partial charge in [-0.15, -0.1) is 11.3 Å². The van der Waals surface area contributed by atoms with E-state index in [2.05, 4.69) is 19.9 Å². The van der Waals surface area contributed by atoms with Crippen LogP contribution < -0.4 is 4.90 Å². The second-order valence-corrected chi connectivity index (χ2v) is 8.49. The van der Waals surface area contributed by atoms with E-state index < -0.39 is 11.4 Å². The third kappa shape index (κ3) is 3.56. The minimum absolute atomic E-state index is 0.164. The highest BCUT2D eigenvalue weighted by Crippen LogP contribution is 2.37. The van der Waals surface area contributed by atoms with E-state index in [1.54, 1.807) is 36.7 Å². The summed E-state index contributed by atoms with van der Waals surface area (Å²) in [7, 11) is 0. The number of aliphatic hydroxyl groups is 1. The second-order valence-electron chi connectivity index (χ2n) is 7.60. The van der Waals surface area contributed by atoms with Crippen LogP contribution in [0.2, 0.25) is 0 Å². The lowest BCUT2D eigenvalue weighted by molar-refractivity contribution is 0.0977. The van der Waals surface area contributed by atoms with Gasteiger partial charge in [0.25, 0.3) is 0 Å². The van der Waals surface area contributed by atoms with E-state index in [0.717, 1.165) is 29.7 Å². The average Bonchev–Trinajstić information content (AvgIpc) is 3.35. The molecule has 0 spiro atoms. The van der Waals surface area contributed by atoms with Crippen LogP contribution in [-0.4, -0.2) is 46.4 Å². The van der Waals surface area contributed by atoms with Crippen LogP contribution in [0, 0.1) is 5.82 Å². The Morgan fingerprint density at radius 2 is 1.97 bits per heavy atom. The van der Waals surface area contributed by atoms with Gasteiger partial charge in [0.2, 0.25) is 0 Å². The number of rotatable bonds is 4. The molecule has 0 saturated carbocycles. The molecule has 6 nitrogen and oxygen atoms in total. The van der Waals surface area contributed by atoms with E-state index in [-0.39, 0.29) is 5.56 Å². The van der Waals surface area contributed by atoms with Crippen molar-refractivity contribution >= 4 is 27.9 Å². The van der Waals surface area contributed by atoms with Gasteiger partial charge < -0.3 is 14.7 Å². The minimum Gasteiger partial charge on any atom is -0.378 e. The van der Waals surface area contributed by atoms with Gasteiger partial charge in [0.15, 0.2) is 0 Å². The standard InChI is InChI=1S/C23H21FN4O2S/c1-23(29,22-25-7-12-31-22)18-4-2-3-17(20(18)24)21-16-6-5-15(13-19(16)26-14-27-21)28-8-10-30-11-9-28/h2-7,12-14,29H,8-11H2,1H3. The van der Waals surface area contributed by atoms with Gasteiger partial charge in [0.05, 0.1) is 24.4 Å². The number of anilines is 1. The molecule has 158 valence electrons. The largest absolute Gasteiger partial charge is 0.378 e. The number of fused-ring (bicyclic) bond motifs is 1. The molecule has 1 unspecified atom stereocenters. The van der Waals surface area contributed by atoms with Crippen LogP contribution in [0.5, 0.6) is 0 Å². The Labute approximate surface area is 183 Å². The molecule has 0 bridgehead atoms. The number of nitrogens with zero attached hydrogens (tertiary/aromatic N) is 4. The van der Waals surface area contributed by atoms with E-state index in [4.69, 9.17) is 4.74 Å². The number of hydrogen-bond donors (Lipinski definition) is 1. The predicted molar refractivity (Wildman–Crippen MR) is 119 cm³/mol. The summed E-state index contributed by atoms with van der Waals surface area (Å²) in [5, 5.41) is 14.0. The third-order valence-electron chi connectivity index (χ3n) is 5.62. The zero-order valence-electron chi connectivity index (χ0n) is 17.0. The van der Waals surface area contributed by atoms with Gasteiger partial charge in [-0.05, 0) is 31.2 Å². The summed E-state index contributed by atoms with van der Waals surface area (Å²) in [4.78, 5) is 15.2. The minimum atomic E-state index is -1.54. The van der Waals surface area contributed by atoms with Gasteiger partial charge in [-0.25, -0.2) is 19.3 Å². The van der Waals surface area contributed by atoms with E-state index in [1.807, 2.05) is 18.2 Å². The number of thiazole rings is 1. The first-order valence-electron chi connectivity index (χ1n) is 10.0. The Morgan fingerprint density at radius 1 is 1.13 bits per heavy atom. The van der Waals surface area contributed by atoms with Gasteiger partial charge in [-0.2, -0.15) is 0 Å². The van der Waals surface area contributed by atoms with Gasteiger partial charge in [0, 0.05) is 46.9 Å². The van der Waals surface area contributed by atoms with E-state index in [9.17, 15) is 5.11 Å². The maximum absolute atomic E-state index is 15.7. The highest BCUT2D eigenvalue weighted by molar-refractivity contribution is 7.09. The van der Waals surface area contributed by atoms with Gasteiger partial charge in [-0.1, -0.05) is 12.1 Å². The average molecular weight is 437 g/mol. The molecule has 1 N–H and O–H groups in total. The first-order valence-corrected chi connectivity index (χ1v) is 10.9. The summed E-state index contributed by atoms with van der Waals surface area (Å²) in [6.45, 7) is 4.60. The van der Waals surface area contributed by atoms with Crippen LogP contribution in [0.1, 0.15) is 17.5 Å². The molecule has 4 aromatic rings. The molecule has 1 atom stereocenters. The van der Waals surface area contributed by atoms with Crippen LogP contribution >= 0.6 is 11.3 Å². The van der Waals surface area contributed by atoms with Crippen LogP contribution in [0.15, 0.2) is 54.3 Å². The van der Waals surface area contributed by atoms with Crippen molar-refractivity contribution < 1.29 is 14.2 Å². The van der Waals surface area contributed by atoms with Crippen molar-refractivity contribution in [3.8, 4) is 11.3 Å². The van der Waals surface area contributed by atoms with Crippen LogP contribution in [0.3, 0.4) is 0 Å². The summed E-state index contributed by atoms with van der Waals surface area (Å²) in [6.07, 6.45) is 3.05. The molecule has 2 aromatic carbocycles. The maximum Gasteiger partial charge on any atom is 0.141 e. The van der Waals surface area contributed by atoms with Gasteiger partial charge in [0.1, 0.15) is 22.8 Å². The Hall–Kier alpha value is -2.94. The monoisotopic (exact) mass is 436 g/mol. The first-order chi connectivity index (χ1) is 15.1. The van der Waals surface area contributed by atoms with Crippen molar-refractivity contribution in [1.82, 2.24) is 15.0 Å². The summed E-state index contributed by atoms with van der Waals surface area (Å²) in [5.41, 5.74) is 1.23. The lowest BCUT2D eigenvalue weighted by atomic mass is 9.92. The molecular weight excluding hydrogens is 415 g/mol. The van der Waals surface area contributed by atoms with Gasteiger partial charge in [-0.3, -0.25) is 0 Å². The van der Waals surface area contributed by atoms with Crippen molar-refractivity contribution in [1.29, 1.82) is 0 Å². The Morgan fingerprint density at radius 3 is 2.74 bits per heavy atom. The topological polar surface area (TPSA) is 71.4 Å². The molecule has 1 aliphatic rings. The molecule has 0 aliphatic carbocycles. The van der Waals surface area contributed by atoms with Crippen LogP contribution in [0.25, 0.3) is 22.2 Å². The normalized spacial score (nSPS) is 16.4. The number of hydrogen-bond acceptors (Lipinski definition) is 7. The van der Waals surface area contributed by atoms with Crippen molar-refractivity contribution in [2.24, 2.45) is 0 Å². The smallest absolute Gasteiger partial charge is 0.141 e. The molecule has 2 aromatic heterocycles. The van der Waals surface area contributed by atoms with Crippen molar-refractivity contribution in [3.05, 3.63) is 70.7 Å². The maximum atomic E-state index is 15.7. The van der Waals surface area contributed by atoms with E-state index in [0.29, 0.717) is 29.5 Å². The SMILES string of the molecule is CC(O)(c1nccs1)c1cccc(-c2ncnc3cc(N4CCOCC4)ccc23)c1F. The van der Waals surface area contributed by atoms with Crippen LogP contribution in [0.4, 0.5) is 10.1 Å². The highest BCUT2D eigenvalue weighted by atomic mass is 32.1. The first kappa shape index (κ1) is 20.0. The zero-order valence-corrected chi connectivity index (χ0v) is 17.8. The quantitative estimate of drug-likeness (QED) is 0.522. The van der Waals surface area contributed by atoms with Gasteiger partial charge >= 0.3 is 0 Å². The summed E-state index contributed by atoms with van der Waals surface area (Å²) < 4.78 is 21.1. The molecular formula is C23H21FN4O2S.